The van der Waals surface area contributed by atoms with Crippen LogP contribution in [0.25, 0.3) is 0 Å². The number of carbonyl (C=O) groups is 1. The van der Waals surface area contributed by atoms with E-state index in [1.807, 2.05) is 19.1 Å². The fourth-order valence-corrected chi connectivity index (χ4v) is 2.91. The maximum atomic E-state index is 12.9. The summed E-state index contributed by atoms with van der Waals surface area (Å²) >= 11 is 0. The molecule has 0 aliphatic carbocycles. The summed E-state index contributed by atoms with van der Waals surface area (Å²) in [5.74, 6) is -0.649. The lowest BCUT2D eigenvalue weighted by atomic mass is 9.86. The molecular weight excluding hydrogens is 314 g/mol. The van der Waals surface area contributed by atoms with Gasteiger partial charge in [-0.2, -0.15) is 0 Å². The molecule has 4 nitrogen and oxygen atoms in total. The highest BCUT2D eigenvalue weighted by Gasteiger charge is 2.42. The lowest BCUT2D eigenvalue weighted by Gasteiger charge is -2.30. The van der Waals surface area contributed by atoms with Crippen molar-refractivity contribution in [2.45, 2.75) is 32.5 Å². The second kappa shape index (κ2) is 8.79. The zero-order valence-electron chi connectivity index (χ0n) is 15.2. The fourth-order valence-electron chi connectivity index (χ4n) is 2.91. The van der Waals surface area contributed by atoms with E-state index in [-0.39, 0.29) is 6.10 Å². The summed E-state index contributed by atoms with van der Waals surface area (Å²) in [6.07, 6.45) is -0.314. The minimum atomic E-state index is -1.82. The molecule has 2 aromatic rings. The van der Waals surface area contributed by atoms with E-state index in [0.717, 1.165) is 13.1 Å². The second-order valence-corrected chi connectivity index (χ2v) is 6.14. The van der Waals surface area contributed by atoms with Crippen molar-refractivity contribution in [3.05, 3.63) is 71.8 Å². The lowest BCUT2D eigenvalue weighted by molar-refractivity contribution is -0.167. The number of aliphatic hydroxyl groups is 1. The van der Waals surface area contributed by atoms with Crippen LogP contribution in [-0.2, 0) is 15.1 Å². The van der Waals surface area contributed by atoms with E-state index in [1.54, 1.807) is 48.5 Å². The van der Waals surface area contributed by atoms with E-state index >= 15 is 0 Å². The van der Waals surface area contributed by atoms with Crippen LogP contribution >= 0.6 is 0 Å². The molecule has 0 saturated heterocycles. The molecule has 0 radical (unpaired) electrons. The predicted molar refractivity (Wildman–Crippen MR) is 99.2 cm³/mol. The van der Waals surface area contributed by atoms with Crippen LogP contribution in [-0.4, -0.2) is 41.7 Å². The van der Waals surface area contributed by atoms with E-state index < -0.39 is 11.6 Å². The Morgan fingerprint density at radius 3 is 1.84 bits per heavy atom. The number of nitrogens with zero attached hydrogens (tertiary/aromatic N) is 1. The third-order valence-electron chi connectivity index (χ3n) is 4.40. The Balaban J connectivity index is 2.29. The predicted octanol–water partition coefficient (Wildman–Crippen LogP) is 3.20. The standard InChI is InChI=1S/C21H27NO3/c1-4-22(5-2)16-17(3)25-20(23)21(24,18-12-8-6-9-13-18)19-14-10-7-11-15-19/h6-15,17,24H,4-5,16H2,1-3H3. The topological polar surface area (TPSA) is 49.8 Å². The molecule has 0 saturated carbocycles. The first-order valence-electron chi connectivity index (χ1n) is 8.79. The molecule has 0 amide bonds. The molecule has 2 aromatic carbocycles. The van der Waals surface area contributed by atoms with Gasteiger partial charge in [0.2, 0.25) is 5.60 Å². The fraction of sp³-hybridized carbons (Fsp3) is 0.381. The van der Waals surface area contributed by atoms with Crippen LogP contribution < -0.4 is 0 Å². The maximum absolute atomic E-state index is 12.9. The van der Waals surface area contributed by atoms with Gasteiger partial charge in [0, 0.05) is 6.54 Å². The number of likely N-dealkylation sites (N-methyl/N-ethyl adjacent to an activating group) is 1. The van der Waals surface area contributed by atoms with E-state index in [0.29, 0.717) is 17.7 Å². The van der Waals surface area contributed by atoms with Crippen LogP contribution in [0.3, 0.4) is 0 Å². The average molecular weight is 341 g/mol. The zero-order chi connectivity index (χ0) is 18.3. The third-order valence-corrected chi connectivity index (χ3v) is 4.40. The molecule has 0 aliphatic heterocycles. The first-order valence-corrected chi connectivity index (χ1v) is 8.79. The van der Waals surface area contributed by atoms with Crippen molar-refractivity contribution in [3.8, 4) is 0 Å². The molecule has 1 N–H and O–H groups in total. The first kappa shape index (κ1) is 19.2. The average Bonchev–Trinajstić information content (AvgIpc) is 2.66. The number of esters is 1. The Kier molecular flexibility index (Phi) is 6.73. The molecule has 0 bridgehead atoms. The highest BCUT2D eigenvalue weighted by Crippen LogP contribution is 2.31. The zero-order valence-corrected chi connectivity index (χ0v) is 15.2. The summed E-state index contributed by atoms with van der Waals surface area (Å²) in [5.41, 5.74) is -0.817. The van der Waals surface area contributed by atoms with Gasteiger partial charge in [-0.15, -0.1) is 0 Å². The molecule has 0 fully saturated rings. The SMILES string of the molecule is CCN(CC)CC(C)OC(=O)C(O)(c1ccccc1)c1ccccc1. The molecule has 1 atom stereocenters. The van der Waals surface area contributed by atoms with Crippen molar-refractivity contribution in [2.75, 3.05) is 19.6 Å². The van der Waals surface area contributed by atoms with Gasteiger partial charge in [0.1, 0.15) is 6.10 Å². The Morgan fingerprint density at radius 2 is 1.44 bits per heavy atom. The minimum Gasteiger partial charge on any atom is -0.459 e. The number of benzene rings is 2. The minimum absolute atomic E-state index is 0.314. The van der Waals surface area contributed by atoms with Crippen LogP contribution in [0, 0.1) is 0 Å². The monoisotopic (exact) mass is 341 g/mol. The number of carbonyl (C=O) groups excluding carboxylic acids is 1. The molecule has 1 unspecified atom stereocenters. The lowest BCUT2D eigenvalue weighted by Crippen LogP contribution is -2.42. The van der Waals surface area contributed by atoms with Crippen LogP contribution in [0.4, 0.5) is 0 Å². The molecule has 0 heterocycles. The summed E-state index contributed by atoms with van der Waals surface area (Å²) in [6.45, 7) is 8.41. The van der Waals surface area contributed by atoms with Crippen LogP contribution in [0.2, 0.25) is 0 Å². The van der Waals surface area contributed by atoms with Gasteiger partial charge in [-0.1, -0.05) is 74.5 Å². The van der Waals surface area contributed by atoms with Crippen LogP contribution in [0.5, 0.6) is 0 Å². The van der Waals surface area contributed by atoms with Gasteiger partial charge in [-0.05, 0) is 31.1 Å². The normalized spacial score (nSPS) is 12.8. The van der Waals surface area contributed by atoms with Crippen molar-refractivity contribution >= 4 is 5.97 Å². The Bertz CT molecular complexity index is 614. The molecule has 0 aliphatic rings. The maximum Gasteiger partial charge on any atom is 0.348 e. The molecule has 134 valence electrons. The van der Waals surface area contributed by atoms with Gasteiger partial charge < -0.3 is 14.7 Å². The van der Waals surface area contributed by atoms with Crippen molar-refractivity contribution in [1.29, 1.82) is 0 Å². The molecule has 25 heavy (non-hydrogen) atoms. The third kappa shape index (κ3) is 4.47. The van der Waals surface area contributed by atoms with E-state index in [1.165, 1.54) is 0 Å². The number of hydrogen-bond donors (Lipinski definition) is 1. The second-order valence-electron chi connectivity index (χ2n) is 6.14. The summed E-state index contributed by atoms with van der Waals surface area (Å²) in [4.78, 5) is 15.1. The van der Waals surface area contributed by atoms with Gasteiger partial charge in [0.25, 0.3) is 0 Å². The smallest absolute Gasteiger partial charge is 0.348 e. The summed E-state index contributed by atoms with van der Waals surface area (Å²) in [5, 5.41) is 11.3. The van der Waals surface area contributed by atoms with Crippen molar-refractivity contribution in [1.82, 2.24) is 4.90 Å². The van der Waals surface area contributed by atoms with Crippen molar-refractivity contribution < 1.29 is 14.6 Å². The van der Waals surface area contributed by atoms with E-state index in [4.69, 9.17) is 4.74 Å². The van der Waals surface area contributed by atoms with Crippen molar-refractivity contribution in [2.24, 2.45) is 0 Å². The highest BCUT2D eigenvalue weighted by molar-refractivity contribution is 5.85. The van der Waals surface area contributed by atoms with Crippen LogP contribution in [0.1, 0.15) is 31.9 Å². The van der Waals surface area contributed by atoms with Gasteiger partial charge >= 0.3 is 5.97 Å². The van der Waals surface area contributed by atoms with Crippen molar-refractivity contribution in [3.63, 3.8) is 0 Å². The van der Waals surface area contributed by atoms with Gasteiger partial charge in [-0.25, -0.2) is 4.79 Å². The van der Waals surface area contributed by atoms with Crippen LogP contribution in [0.15, 0.2) is 60.7 Å². The largest absolute Gasteiger partial charge is 0.459 e. The molecule has 0 aromatic heterocycles. The summed E-state index contributed by atoms with van der Waals surface area (Å²) < 4.78 is 5.63. The molecule has 2 rings (SSSR count). The molecule has 0 spiro atoms. The van der Waals surface area contributed by atoms with Gasteiger partial charge in [0.05, 0.1) is 0 Å². The Morgan fingerprint density at radius 1 is 1.00 bits per heavy atom. The summed E-state index contributed by atoms with van der Waals surface area (Å²) in [7, 11) is 0. The number of ether oxygens (including phenoxy) is 1. The van der Waals surface area contributed by atoms with E-state index in [2.05, 4.69) is 18.7 Å². The first-order chi connectivity index (χ1) is 12.0. The highest BCUT2D eigenvalue weighted by atomic mass is 16.6. The Labute approximate surface area is 150 Å². The van der Waals surface area contributed by atoms with Gasteiger partial charge in [0.15, 0.2) is 0 Å². The number of hydrogen-bond acceptors (Lipinski definition) is 4. The molecule has 4 heteroatoms. The Hall–Kier alpha value is -2.17. The van der Waals surface area contributed by atoms with E-state index in [9.17, 15) is 9.90 Å². The van der Waals surface area contributed by atoms with Gasteiger partial charge in [-0.3, -0.25) is 0 Å². The summed E-state index contributed by atoms with van der Waals surface area (Å²) in [6, 6.07) is 17.9. The number of rotatable bonds is 8. The molecular formula is C21H27NO3. The quantitative estimate of drug-likeness (QED) is 0.749.